The van der Waals surface area contributed by atoms with Crippen molar-refractivity contribution < 1.29 is 0 Å². The second kappa shape index (κ2) is 12.6. The van der Waals surface area contributed by atoms with Crippen LogP contribution < -0.4 is 10.6 Å². The van der Waals surface area contributed by atoms with E-state index >= 15 is 0 Å². The Hall–Kier alpha value is -1.75. The predicted molar refractivity (Wildman–Crippen MR) is 124 cm³/mol. The van der Waals surface area contributed by atoms with E-state index in [1.807, 2.05) is 6.20 Å². The molecular weight excluding hydrogens is 350 g/mol. The van der Waals surface area contributed by atoms with Crippen molar-refractivity contribution >= 4 is 23.3 Å². The molecule has 27 heavy (non-hydrogen) atoms. The number of hydrogen-bond acceptors (Lipinski definition) is 3. The average Bonchev–Trinajstić information content (AvgIpc) is 2.68. The fourth-order valence-electron chi connectivity index (χ4n) is 2.89. The summed E-state index contributed by atoms with van der Waals surface area (Å²) in [4.78, 5) is 2.25. The van der Waals surface area contributed by atoms with Crippen molar-refractivity contribution in [3.63, 3.8) is 0 Å². The molecule has 1 rings (SSSR count). The molecule has 0 saturated heterocycles. The number of hydrogen-bond donors (Lipinski definition) is 2. The molecule has 4 heteroatoms. The molecule has 0 saturated carbocycles. The molecule has 0 unspecified atom stereocenters. The number of benzene rings is 1. The van der Waals surface area contributed by atoms with Crippen LogP contribution in [0.4, 0.5) is 0 Å². The molecule has 0 aliphatic rings. The topological polar surface area (TPSA) is 27.3 Å². The molecule has 0 aliphatic carbocycles. The highest BCUT2D eigenvalue weighted by atomic mass is 32.1. The molecule has 0 amide bonds. The zero-order valence-electron chi connectivity index (χ0n) is 17.7. The van der Waals surface area contributed by atoms with Crippen LogP contribution in [0, 0.1) is 0 Å². The van der Waals surface area contributed by atoms with Gasteiger partial charge in [-0.1, -0.05) is 62.0 Å². The molecule has 0 atom stereocenters. The summed E-state index contributed by atoms with van der Waals surface area (Å²) in [6, 6.07) is 8.57. The fourth-order valence-corrected chi connectivity index (χ4v) is 2.96. The Morgan fingerprint density at radius 1 is 1.15 bits per heavy atom. The largest absolute Gasteiger partial charge is 0.358 e. The first-order chi connectivity index (χ1) is 12.9. The van der Waals surface area contributed by atoms with Crippen LogP contribution in [0.25, 0.3) is 5.57 Å². The summed E-state index contributed by atoms with van der Waals surface area (Å²) in [5.41, 5.74) is 9.18. The van der Waals surface area contributed by atoms with Crippen LogP contribution in [-0.2, 0) is 6.42 Å². The van der Waals surface area contributed by atoms with Gasteiger partial charge in [0.1, 0.15) is 0 Å². The van der Waals surface area contributed by atoms with Crippen LogP contribution in [-0.4, -0.2) is 37.2 Å². The van der Waals surface area contributed by atoms with Gasteiger partial charge in [0.15, 0.2) is 0 Å². The van der Waals surface area contributed by atoms with Gasteiger partial charge in [0.25, 0.3) is 0 Å². The monoisotopic (exact) mass is 385 g/mol. The van der Waals surface area contributed by atoms with Crippen molar-refractivity contribution in [2.24, 2.45) is 0 Å². The van der Waals surface area contributed by atoms with Crippen LogP contribution in [0.15, 0.2) is 53.3 Å². The van der Waals surface area contributed by atoms with E-state index in [0.29, 0.717) is 0 Å². The molecule has 148 valence electrons. The zero-order valence-corrected chi connectivity index (χ0v) is 18.5. The molecule has 0 heterocycles. The van der Waals surface area contributed by atoms with E-state index in [9.17, 15) is 0 Å². The molecule has 0 aliphatic heterocycles. The minimum atomic E-state index is 0.887. The number of nitrogens with one attached hydrogen (secondary N) is 2. The van der Waals surface area contributed by atoms with Gasteiger partial charge in [-0.05, 0) is 63.1 Å². The fraction of sp³-hybridized carbons (Fsp3) is 0.435. The van der Waals surface area contributed by atoms with E-state index in [-0.39, 0.29) is 0 Å². The van der Waals surface area contributed by atoms with E-state index in [4.69, 9.17) is 12.2 Å². The third-order valence-electron chi connectivity index (χ3n) is 4.77. The molecule has 0 bridgehead atoms. The number of aryl methyl sites for hydroxylation is 1. The Morgan fingerprint density at radius 3 is 2.48 bits per heavy atom. The van der Waals surface area contributed by atoms with Crippen molar-refractivity contribution in [1.82, 2.24) is 15.5 Å². The molecule has 0 aromatic heterocycles. The Morgan fingerprint density at radius 2 is 1.85 bits per heavy atom. The molecule has 1 aromatic carbocycles. The Bertz CT molecular complexity index is 701. The lowest BCUT2D eigenvalue weighted by Gasteiger charge is -2.16. The summed E-state index contributed by atoms with van der Waals surface area (Å²) in [6.07, 6.45) is 5.28. The molecule has 1 aromatic rings. The molecule has 0 spiro atoms. The van der Waals surface area contributed by atoms with Crippen LogP contribution in [0.2, 0.25) is 0 Å². The lowest BCUT2D eigenvalue weighted by atomic mass is 9.91. The summed E-state index contributed by atoms with van der Waals surface area (Å²) < 4.78 is 0. The number of allylic oxidation sites excluding steroid dienone is 4. The second-order valence-electron chi connectivity index (χ2n) is 6.91. The summed E-state index contributed by atoms with van der Waals surface area (Å²) >= 11 is 4.96. The van der Waals surface area contributed by atoms with Crippen molar-refractivity contribution in [2.75, 3.05) is 26.8 Å². The Labute approximate surface area is 171 Å². The highest BCUT2D eigenvalue weighted by Gasteiger charge is 2.10. The lowest BCUT2D eigenvalue weighted by Crippen LogP contribution is -2.31. The van der Waals surface area contributed by atoms with Crippen molar-refractivity contribution in [2.45, 2.75) is 41.0 Å². The van der Waals surface area contributed by atoms with Gasteiger partial charge in [0.2, 0.25) is 0 Å². The highest BCUT2D eigenvalue weighted by Crippen LogP contribution is 2.28. The number of nitrogens with zero attached hydrogens (tertiary/aromatic N) is 1. The Kier molecular flexibility index (Phi) is 10.9. The second-order valence-corrected chi connectivity index (χ2v) is 7.14. The summed E-state index contributed by atoms with van der Waals surface area (Å²) in [5.74, 6) is 0. The van der Waals surface area contributed by atoms with Crippen LogP contribution in [0.1, 0.15) is 45.7 Å². The predicted octanol–water partition coefficient (Wildman–Crippen LogP) is 4.92. The van der Waals surface area contributed by atoms with Gasteiger partial charge >= 0.3 is 0 Å². The lowest BCUT2D eigenvalue weighted by molar-refractivity contribution is 0.327. The maximum absolute atomic E-state index is 4.96. The van der Waals surface area contributed by atoms with Gasteiger partial charge in [0, 0.05) is 25.0 Å². The van der Waals surface area contributed by atoms with Crippen LogP contribution in [0.3, 0.4) is 0 Å². The van der Waals surface area contributed by atoms with Gasteiger partial charge in [0.05, 0.1) is 5.49 Å². The third kappa shape index (κ3) is 7.79. The van der Waals surface area contributed by atoms with Crippen LogP contribution in [0.5, 0.6) is 0 Å². The minimum Gasteiger partial charge on any atom is -0.358 e. The van der Waals surface area contributed by atoms with E-state index in [0.717, 1.165) is 26.2 Å². The summed E-state index contributed by atoms with van der Waals surface area (Å²) in [6.45, 7) is 13.7. The SMILES string of the molecule is CCc1ccccc1C(=C/NC=S)/C(C)=C(C)/C=C(\C)CNCN(C)CC. The molecule has 0 fully saturated rings. The van der Waals surface area contributed by atoms with Crippen LogP contribution >= 0.6 is 12.2 Å². The standard InChI is InChI=1S/C23H35N3S/c1-7-21-11-9-10-12-22(21)23(15-25-17-27)20(5)19(4)13-18(3)14-24-16-26(6)8-2/h9-13,15,17,24H,7-8,14,16H2,1-6H3,(H,25,27)/b18-13+,20-19+,23-15+. The average molecular weight is 386 g/mol. The van der Waals surface area contributed by atoms with Crippen molar-refractivity contribution in [3.8, 4) is 0 Å². The normalized spacial score (nSPS) is 13.6. The minimum absolute atomic E-state index is 0.887. The van der Waals surface area contributed by atoms with Gasteiger partial charge in [-0.3, -0.25) is 4.90 Å². The highest BCUT2D eigenvalue weighted by molar-refractivity contribution is 7.78. The maximum Gasteiger partial charge on any atom is 0.0654 e. The van der Waals surface area contributed by atoms with E-state index < -0.39 is 0 Å². The first kappa shape index (κ1) is 23.3. The number of rotatable bonds is 11. The maximum atomic E-state index is 4.96. The van der Waals surface area contributed by atoms with Crippen molar-refractivity contribution in [3.05, 3.63) is 64.4 Å². The first-order valence-electron chi connectivity index (χ1n) is 9.66. The summed E-state index contributed by atoms with van der Waals surface area (Å²) in [7, 11) is 2.12. The third-order valence-corrected chi connectivity index (χ3v) is 4.90. The van der Waals surface area contributed by atoms with Gasteiger partial charge in [-0.2, -0.15) is 0 Å². The van der Waals surface area contributed by atoms with Gasteiger partial charge in [-0.25, -0.2) is 0 Å². The Balaban J connectivity index is 3.10. The van der Waals surface area contributed by atoms with Gasteiger partial charge < -0.3 is 10.6 Å². The number of thiocarbonyl (C=S) groups is 1. The van der Waals surface area contributed by atoms with Gasteiger partial charge in [-0.15, -0.1) is 0 Å². The molecule has 3 nitrogen and oxygen atoms in total. The molecule has 2 N–H and O–H groups in total. The van der Waals surface area contributed by atoms with Crippen molar-refractivity contribution in [1.29, 1.82) is 0 Å². The smallest absolute Gasteiger partial charge is 0.0654 e. The van der Waals surface area contributed by atoms with E-state index in [1.165, 1.54) is 33.4 Å². The molecular formula is C23H35N3S. The van der Waals surface area contributed by atoms with E-state index in [1.54, 1.807) is 5.49 Å². The van der Waals surface area contributed by atoms with E-state index in [2.05, 4.69) is 87.5 Å². The zero-order chi connectivity index (χ0) is 20.2. The molecule has 0 radical (unpaired) electrons. The first-order valence-corrected chi connectivity index (χ1v) is 10.1. The quantitative estimate of drug-likeness (QED) is 0.321. The summed E-state index contributed by atoms with van der Waals surface area (Å²) in [5, 5.41) is 6.58.